The summed E-state index contributed by atoms with van der Waals surface area (Å²) >= 11 is 0. The molecule has 1 heterocycles. The Morgan fingerprint density at radius 2 is 2.50 bits per heavy atom. The summed E-state index contributed by atoms with van der Waals surface area (Å²) in [6, 6.07) is 1.98. The molecule has 1 aliphatic carbocycles. The molecule has 2 rings (SSSR count). The van der Waals surface area contributed by atoms with Gasteiger partial charge in [-0.25, -0.2) is 0 Å². The second-order valence-electron chi connectivity index (χ2n) is 1.91. The van der Waals surface area contributed by atoms with Gasteiger partial charge in [-0.3, -0.25) is 0 Å². The molecule has 0 radical (unpaired) electrons. The summed E-state index contributed by atoms with van der Waals surface area (Å²) < 4.78 is 5.11. The molecular formula is C7H6O. The molecule has 0 aliphatic heterocycles. The summed E-state index contributed by atoms with van der Waals surface area (Å²) in [4.78, 5) is 0. The van der Waals surface area contributed by atoms with Gasteiger partial charge >= 0.3 is 0 Å². The monoisotopic (exact) mass is 106 g/mol. The van der Waals surface area contributed by atoms with E-state index in [9.17, 15) is 0 Å². The lowest BCUT2D eigenvalue weighted by Gasteiger charge is -1.79. The van der Waals surface area contributed by atoms with E-state index in [1.807, 2.05) is 6.07 Å². The first kappa shape index (κ1) is 3.96. The van der Waals surface area contributed by atoms with Gasteiger partial charge in [0.2, 0.25) is 0 Å². The Labute approximate surface area is 47.6 Å². The predicted octanol–water partition coefficient (Wildman–Crippen LogP) is 1.85. The molecule has 0 unspecified atom stereocenters. The Morgan fingerprint density at radius 3 is 3.38 bits per heavy atom. The first-order valence-corrected chi connectivity index (χ1v) is 2.70. The van der Waals surface area contributed by atoms with Gasteiger partial charge in [-0.2, -0.15) is 0 Å². The minimum absolute atomic E-state index is 0.975. The lowest BCUT2D eigenvalue weighted by Crippen LogP contribution is -1.68. The number of rotatable bonds is 0. The van der Waals surface area contributed by atoms with Crippen molar-refractivity contribution in [2.75, 3.05) is 0 Å². The minimum atomic E-state index is 0.975. The predicted molar refractivity (Wildman–Crippen MR) is 31.4 cm³/mol. The summed E-state index contributed by atoms with van der Waals surface area (Å²) in [7, 11) is 0. The lowest BCUT2D eigenvalue weighted by atomic mass is 10.3. The largest absolute Gasteiger partial charge is 0.468 e. The summed E-state index contributed by atoms with van der Waals surface area (Å²) in [5, 5.41) is 0. The topological polar surface area (TPSA) is 13.1 Å². The van der Waals surface area contributed by atoms with Crippen molar-refractivity contribution in [1.29, 1.82) is 0 Å². The van der Waals surface area contributed by atoms with E-state index >= 15 is 0 Å². The van der Waals surface area contributed by atoms with Gasteiger partial charge in [0.1, 0.15) is 5.76 Å². The van der Waals surface area contributed by atoms with Crippen LogP contribution in [0.4, 0.5) is 0 Å². The van der Waals surface area contributed by atoms with Crippen LogP contribution < -0.4 is 0 Å². The molecule has 0 N–H and O–H groups in total. The van der Waals surface area contributed by atoms with Gasteiger partial charge in [0.15, 0.2) is 0 Å². The second-order valence-corrected chi connectivity index (χ2v) is 1.91. The molecule has 0 bridgehead atoms. The highest BCUT2D eigenvalue weighted by molar-refractivity contribution is 5.56. The third-order valence-electron chi connectivity index (χ3n) is 1.38. The van der Waals surface area contributed by atoms with Crippen molar-refractivity contribution in [2.45, 2.75) is 6.42 Å². The number of allylic oxidation sites excluding steroid dienone is 1. The fraction of sp³-hybridized carbons (Fsp3) is 0.143. The van der Waals surface area contributed by atoms with Crippen molar-refractivity contribution in [3.8, 4) is 0 Å². The van der Waals surface area contributed by atoms with Crippen LogP contribution in [-0.2, 0) is 6.42 Å². The fourth-order valence-electron chi connectivity index (χ4n) is 0.958. The van der Waals surface area contributed by atoms with Crippen molar-refractivity contribution >= 4 is 6.08 Å². The van der Waals surface area contributed by atoms with Crippen molar-refractivity contribution < 1.29 is 4.42 Å². The molecular weight excluding hydrogens is 100 g/mol. The standard InChI is InChI=1S/C7H6O/c1-2-6-4-5-8-7(6)3-1/h1-2,4-5H,3H2. The van der Waals surface area contributed by atoms with Crippen LogP contribution in [0, 0.1) is 0 Å². The minimum Gasteiger partial charge on any atom is -0.468 e. The Hall–Kier alpha value is -0.980. The molecule has 0 saturated carbocycles. The summed E-state index contributed by atoms with van der Waals surface area (Å²) in [6.45, 7) is 0. The number of hydrogen-bond donors (Lipinski definition) is 0. The van der Waals surface area contributed by atoms with Crippen LogP contribution in [0.5, 0.6) is 0 Å². The molecule has 0 atom stereocenters. The molecule has 1 aromatic rings. The van der Waals surface area contributed by atoms with Crippen LogP contribution in [0.15, 0.2) is 22.8 Å². The first-order valence-electron chi connectivity index (χ1n) is 2.70. The molecule has 1 aromatic heterocycles. The van der Waals surface area contributed by atoms with E-state index in [1.54, 1.807) is 6.26 Å². The fourth-order valence-corrected chi connectivity index (χ4v) is 0.958. The molecule has 0 fully saturated rings. The second kappa shape index (κ2) is 1.25. The van der Waals surface area contributed by atoms with Crippen LogP contribution >= 0.6 is 0 Å². The van der Waals surface area contributed by atoms with E-state index < -0.39 is 0 Å². The molecule has 0 amide bonds. The quantitative estimate of drug-likeness (QED) is 0.492. The highest BCUT2D eigenvalue weighted by Gasteiger charge is 2.05. The van der Waals surface area contributed by atoms with Gasteiger partial charge in [-0.05, 0) is 6.07 Å². The average molecular weight is 106 g/mol. The van der Waals surface area contributed by atoms with Crippen LogP contribution in [0.1, 0.15) is 11.3 Å². The third kappa shape index (κ3) is 0.360. The van der Waals surface area contributed by atoms with Gasteiger partial charge in [0.05, 0.1) is 6.26 Å². The zero-order chi connectivity index (χ0) is 5.40. The van der Waals surface area contributed by atoms with Crippen molar-refractivity contribution in [3.05, 3.63) is 29.7 Å². The van der Waals surface area contributed by atoms with E-state index in [1.165, 1.54) is 5.56 Å². The third-order valence-corrected chi connectivity index (χ3v) is 1.38. The maximum atomic E-state index is 5.11. The van der Waals surface area contributed by atoms with Crippen LogP contribution in [0.2, 0.25) is 0 Å². The molecule has 0 spiro atoms. The molecule has 0 saturated heterocycles. The smallest absolute Gasteiger partial charge is 0.114 e. The van der Waals surface area contributed by atoms with E-state index in [0.29, 0.717) is 0 Å². The number of furan rings is 1. The SMILES string of the molecule is C1=Cc2ccoc2C1. The maximum Gasteiger partial charge on any atom is 0.114 e. The summed E-state index contributed by atoms with van der Waals surface area (Å²) in [5.74, 6) is 1.10. The Kier molecular flexibility index (Phi) is 0.618. The van der Waals surface area contributed by atoms with E-state index in [-0.39, 0.29) is 0 Å². The lowest BCUT2D eigenvalue weighted by molar-refractivity contribution is 0.524. The normalized spacial score (nSPS) is 14.5. The van der Waals surface area contributed by atoms with E-state index in [0.717, 1.165) is 12.2 Å². The van der Waals surface area contributed by atoms with Gasteiger partial charge in [0, 0.05) is 12.0 Å². The van der Waals surface area contributed by atoms with E-state index in [2.05, 4.69) is 12.2 Å². The van der Waals surface area contributed by atoms with Gasteiger partial charge < -0.3 is 4.42 Å². The first-order chi connectivity index (χ1) is 3.97. The molecule has 1 heteroatoms. The van der Waals surface area contributed by atoms with Gasteiger partial charge in [-0.15, -0.1) is 0 Å². The Bertz CT molecular complexity index is 220. The molecule has 8 heavy (non-hydrogen) atoms. The highest BCUT2D eigenvalue weighted by Crippen LogP contribution is 2.18. The zero-order valence-electron chi connectivity index (χ0n) is 4.42. The van der Waals surface area contributed by atoms with E-state index in [4.69, 9.17) is 4.42 Å². The Balaban J connectivity index is 2.67. The number of hydrogen-bond acceptors (Lipinski definition) is 1. The molecule has 0 aromatic carbocycles. The van der Waals surface area contributed by atoms with Crippen LogP contribution in [0.3, 0.4) is 0 Å². The Morgan fingerprint density at radius 1 is 1.50 bits per heavy atom. The molecule has 1 aliphatic rings. The van der Waals surface area contributed by atoms with Crippen molar-refractivity contribution in [3.63, 3.8) is 0 Å². The molecule has 1 nitrogen and oxygen atoms in total. The average Bonchev–Trinajstić information content (AvgIpc) is 2.15. The highest BCUT2D eigenvalue weighted by atomic mass is 16.3. The van der Waals surface area contributed by atoms with Crippen molar-refractivity contribution in [2.24, 2.45) is 0 Å². The van der Waals surface area contributed by atoms with Gasteiger partial charge in [0.25, 0.3) is 0 Å². The van der Waals surface area contributed by atoms with Crippen LogP contribution in [-0.4, -0.2) is 0 Å². The zero-order valence-corrected chi connectivity index (χ0v) is 4.42. The van der Waals surface area contributed by atoms with Gasteiger partial charge in [-0.1, -0.05) is 12.2 Å². The summed E-state index contributed by atoms with van der Waals surface area (Å²) in [6.07, 6.45) is 6.89. The number of fused-ring (bicyclic) bond motifs is 1. The maximum absolute atomic E-state index is 5.11. The van der Waals surface area contributed by atoms with Crippen molar-refractivity contribution in [1.82, 2.24) is 0 Å². The molecule has 40 valence electrons. The van der Waals surface area contributed by atoms with Crippen LogP contribution in [0.25, 0.3) is 6.08 Å². The summed E-state index contributed by atoms with van der Waals surface area (Å²) in [5.41, 5.74) is 1.24.